The van der Waals surface area contributed by atoms with Gasteiger partial charge in [0, 0.05) is 11.6 Å². The number of rotatable bonds is 2. The van der Waals surface area contributed by atoms with Gasteiger partial charge in [0.2, 0.25) is 0 Å². The lowest BCUT2D eigenvalue weighted by atomic mass is 10.1. The first-order valence-electron chi connectivity index (χ1n) is 5.94. The Morgan fingerprint density at radius 2 is 2.00 bits per heavy atom. The average Bonchev–Trinajstić information content (AvgIpc) is 2.43. The third-order valence-corrected chi connectivity index (χ3v) is 3.12. The number of fused-ring (bicyclic) bond motifs is 1. The molecule has 16 heavy (non-hydrogen) atoms. The van der Waals surface area contributed by atoms with E-state index in [1.165, 1.54) is 6.42 Å². The van der Waals surface area contributed by atoms with Crippen molar-refractivity contribution in [2.45, 2.75) is 52.0 Å². The molecule has 4 heteroatoms. The summed E-state index contributed by atoms with van der Waals surface area (Å²) in [5.41, 5.74) is 2.38. The number of carbonyl (C=O) groups is 1. The Kier molecular flexibility index (Phi) is 2.99. The maximum atomic E-state index is 11.3. The molecular formula is C12H18N2O2. The molecule has 0 radical (unpaired) electrons. The highest BCUT2D eigenvalue weighted by Gasteiger charge is 2.24. The van der Waals surface area contributed by atoms with E-state index in [-0.39, 0.29) is 6.04 Å². The van der Waals surface area contributed by atoms with Crippen molar-refractivity contribution in [2.24, 2.45) is 0 Å². The topological polar surface area (TPSA) is 55.1 Å². The smallest absolute Gasteiger partial charge is 0.354 e. The van der Waals surface area contributed by atoms with Crippen LogP contribution < -0.4 is 0 Å². The molecule has 0 aromatic carbocycles. The van der Waals surface area contributed by atoms with E-state index in [1.807, 2.05) is 13.8 Å². The molecule has 2 rings (SSSR count). The van der Waals surface area contributed by atoms with Gasteiger partial charge in [0.1, 0.15) is 5.69 Å². The summed E-state index contributed by atoms with van der Waals surface area (Å²) in [7, 11) is 0. The van der Waals surface area contributed by atoms with Crippen LogP contribution in [-0.2, 0) is 12.8 Å². The van der Waals surface area contributed by atoms with Crippen molar-refractivity contribution in [3.63, 3.8) is 0 Å². The van der Waals surface area contributed by atoms with Crippen LogP contribution in [0.4, 0.5) is 0 Å². The molecule has 1 aromatic rings. The van der Waals surface area contributed by atoms with Gasteiger partial charge in [-0.3, -0.25) is 4.68 Å². The molecule has 1 aromatic heterocycles. The molecule has 0 spiro atoms. The number of hydrogen-bond acceptors (Lipinski definition) is 2. The first-order valence-corrected chi connectivity index (χ1v) is 5.94. The third-order valence-electron chi connectivity index (χ3n) is 3.12. The van der Waals surface area contributed by atoms with Gasteiger partial charge in [0.15, 0.2) is 0 Å². The maximum absolute atomic E-state index is 11.3. The molecule has 0 atom stereocenters. The fourth-order valence-corrected chi connectivity index (χ4v) is 2.35. The predicted octanol–water partition coefficient (Wildman–Crippen LogP) is 2.43. The van der Waals surface area contributed by atoms with Crippen molar-refractivity contribution < 1.29 is 9.90 Å². The number of carboxylic acids is 1. The maximum Gasteiger partial charge on any atom is 0.354 e. The van der Waals surface area contributed by atoms with Crippen LogP contribution in [0.3, 0.4) is 0 Å². The largest absolute Gasteiger partial charge is 0.477 e. The summed E-state index contributed by atoms with van der Waals surface area (Å²) in [6.07, 6.45) is 5.17. The fraction of sp³-hybridized carbons (Fsp3) is 0.667. The molecule has 0 unspecified atom stereocenters. The number of aromatic carboxylic acids is 1. The zero-order chi connectivity index (χ0) is 11.7. The highest BCUT2D eigenvalue weighted by Crippen LogP contribution is 2.25. The summed E-state index contributed by atoms with van der Waals surface area (Å²) in [5.74, 6) is -0.843. The van der Waals surface area contributed by atoms with E-state index >= 15 is 0 Å². The SMILES string of the molecule is CC(C)n1nc2c(c1C(=O)O)CCCCC2. The summed E-state index contributed by atoms with van der Waals surface area (Å²) in [6.45, 7) is 3.94. The van der Waals surface area contributed by atoms with Crippen molar-refractivity contribution in [3.05, 3.63) is 17.0 Å². The summed E-state index contributed by atoms with van der Waals surface area (Å²) < 4.78 is 1.66. The first-order chi connectivity index (χ1) is 7.61. The van der Waals surface area contributed by atoms with Crippen LogP contribution in [0.5, 0.6) is 0 Å². The Morgan fingerprint density at radius 3 is 2.62 bits per heavy atom. The van der Waals surface area contributed by atoms with Crippen LogP contribution in [-0.4, -0.2) is 20.9 Å². The number of hydrogen-bond donors (Lipinski definition) is 1. The fourth-order valence-electron chi connectivity index (χ4n) is 2.35. The Bertz CT molecular complexity index is 407. The average molecular weight is 222 g/mol. The second-order valence-corrected chi connectivity index (χ2v) is 4.68. The Hall–Kier alpha value is -1.32. The summed E-state index contributed by atoms with van der Waals surface area (Å²) in [6, 6.07) is 0.109. The van der Waals surface area contributed by atoms with Crippen molar-refractivity contribution in [2.75, 3.05) is 0 Å². The van der Waals surface area contributed by atoms with Gasteiger partial charge in [0.25, 0.3) is 0 Å². The minimum absolute atomic E-state index is 0.109. The summed E-state index contributed by atoms with van der Waals surface area (Å²) >= 11 is 0. The standard InChI is InChI=1S/C12H18N2O2/c1-8(2)14-11(12(15)16)9-6-4-3-5-7-10(9)13-14/h8H,3-7H2,1-2H3,(H,15,16). The Balaban J connectivity index is 2.53. The normalized spacial score (nSPS) is 15.9. The van der Waals surface area contributed by atoms with Gasteiger partial charge in [-0.15, -0.1) is 0 Å². The molecule has 0 bridgehead atoms. The molecule has 88 valence electrons. The van der Waals surface area contributed by atoms with E-state index in [2.05, 4.69) is 5.10 Å². The van der Waals surface area contributed by atoms with E-state index in [4.69, 9.17) is 0 Å². The van der Waals surface area contributed by atoms with Gasteiger partial charge < -0.3 is 5.11 Å². The van der Waals surface area contributed by atoms with Gasteiger partial charge in [-0.2, -0.15) is 5.10 Å². The minimum Gasteiger partial charge on any atom is -0.477 e. The van der Waals surface area contributed by atoms with Gasteiger partial charge in [-0.25, -0.2) is 4.79 Å². The molecule has 1 N–H and O–H groups in total. The Morgan fingerprint density at radius 1 is 1.31 bits per heavy atom. The number of carboxylic acid groups (broad SMARTS) is 1. The summed E-state index contributed by atoms with van der Waals surface area (Å²) in [4.78, 5) is 11.3. The lowest BCUT2D eigenvalue weighted by Gasteiger charge is -2.08. The highest BCUT2D eigenvalue weighted by atomic mass is 16.4. The minimum atomic E-state index is -0.843. The molecular weight excluding hydrogens is 204 g/mol. The van der Waals surface area contributed by atoms with Crippen LogP contribution >= 0.6 is 0 Å². The van der Waals surface area contributed by atoms with E-state index in [0.29, 0.717) is 5.69 Å². The molecule has 1 aliphatic rings. The molecule has 0 saturated carbocycles. The molecule has 0 fully saturated rings. The molecule has 4 nitrogen and oxygen atoms in total. The van der Waals surface area contributed by atoms with E-state index in [1.54, 1.807) is 4.68 Å². The lowest BCUT2D eigenvalue weighted by Crippen LogP contribution is -2.13. The lowest BCUT2D eigenvalue weighted by molar-refractivity contribution is 0.0680. The van der Waals surface area contributed by atoms with E-state index in [9.17, 15) is 9.90 Å². The third kappa shape index (κ3) is 1.84. The van der Waals surface area contributed by atoms with Crippen LogP contribution in [0.1, 0.15) is 60.9 Å². The van der Waals surface area contributed by atoms with Crippen LogP contribution in [0.2, 0.25) is 0 Å². The van der Waals surface area contributed by atoms with Crippen LogP contribution in [0, 0.1) is 0 Å². The number of aryl methyl sites for hydroxylation is 1. The quantitative estimate of drug-likeness (QED) is 0.782. The zero-order valence-electron chi connectivity index (χ0n) is 9.86. The van der Waals surface area contributed by atoms with Gasteiger partial charge >= 0.3 is 5.97 Å². The molecule has 0 saturated heterocycles. The second kappa shape index (κ2) is 4.28. The summed E-state index contributed by atoms with van der Waals surface area (Å²) in [5, 5.41) is 13.8. The van der Waals surface area contributed by atoms with Crippen molar-refractivity contribution in [1.29, 1.82) is 0 Å². The van der Waals surface area contributed by atoms with Crippen molar-refractivity contribution >= 4 is 5.97 Å². The Labute approximate surface area is 95.3 Å². The van der Waals surface area contributed by atoms with E-state index in [0.717, 1.165) is 36.9 Å². The zero-order valence-corrected chi connectivity index (χ0v) is 9.86. The monoisotopic (exact) mass is 222 g/mol. The first kappa shape index (κ1) is 11.2. The van der Waals surface area contributed by atoms with Gasteiger partial charge in [-0.05, 0) is 39.5 Å². The highest BCUT2D eigenvalue weighted by molar-refractivity contribution is 5.87. The number of nitrogens with zero attached hydrogens (tertiary/aromatic N) is 2. The molecule has 1 aliphatic carbocycles. The molecule has 0 aliphatic heterocycles. The molecule has 1 heterocycles. The number of aromatic nitrogens is 2. The second-order valence-electron chi connectivity index (χ2n) is 4.68. The van der Waals surface area contributed by atoms with Crippen molar-refractivity contribution in [3.8, 4) is 0 Å². The van der Waals surface area contributed by atoms with Crippen LogP contribution in [0.25, 0.3) is 0 Å². The van der Waals surface area contributed by atoms with Crippen LogP contribution in [0.15, 0.2) is 0 Å². The predicted molar refractivity (Wildman–Crippen MR) is 60.8 cm³/mol. The van der Waals surface area contributed by atoms with E-state index < -0.39 is 5.97 Å². The molecule has 0 amide bonds. The van der Waals surface area contributed by atoms with Crippen molar-refractivity contribution in [1.82, 2.24) is 9.78 Å². The van der Waals surface area contributed by atoms with Gasteiger partial charge in [-0.1, -0.05) is 6.42 Å². The van der Waals surface area contributed by atoms with Gasteiger partial charge in [0.05, 0.1) is 5.69 Å².